The topological polar surface area (TPSA) is 206 Å². The summed E-state index contributed by atoms with van der Waals surface area (Å²) in [5.74, 6) is -0.370. The number of hydrogen-bond donors (Lipinski definition) is 4. The summed E-state index contributed by atoms with van der Waals surface area (Å²) in [6, 6.07) is 6.08. The normalized spacial score (nSPS) is 45.6. The average Bonchev–Trinajstić information content (AvgIpc) is 3.85. The van der Waals surface area contributed by atoms with Crippen molar-refractivity contribution in [2.24, 2.45) is 51.8 Å². The van der Waals surface area contributed by atoms with Crippen molar-refractivity contribution in [1.29, 1.82) is 0 Å². The third-order valence-electron chi connectivity index (χ3n) is 17.5. The zero-order valence-electron chi connectivity index (χ0n) is 38.1. The Morgan fingerprint density at radius 3 is 2.11 bits per heavy atom. The molecule has 8 rings (SSSR count). The lowest BCUT2D eigenvalue weighted by atomic mass is 9.44. The number of ketones is 1. The SMILES string of the molecule is COc1ccc(C(=O)O[C@H]2[C@H](O[C@@H]3[C@@H](OC(C)=O)[C@H](O[C@H]4C[C@H]5[C@@H]6C[C@@H](OC)[C@]78C[C@H]7CC[C@]8(C)[C@H]6CC[C@]5(C)[C@@]4(O)[C@H](C)C(=O)CCC(C)C)OC[C@@H]3O)OC[C@@H](O)[C@@H]2O)cc1. The number of esters is 2. The van der Waals surface area contributed by atoms with E-state index in [2.05, 4.69) is 27.7 Å². The first-order valence-electron chi connectivity index (χ1n) is 23.2. The maximum Gasteiger partial charge on any atom is 0.338 e. The second kappa shape index (κ2) is 17.5. The predicted molar refractivity (Wildman–Crippen MR) is 224 cm³/mol. The number of rotatable bonds is 14. The fraction of sp³-hybridized carbons (Fsp3) is 0.812. The molecule has 0 unspecified atom stereocenters. The Kier molecular flexibility index (Phi) is 13.0. The van der Waals surface area contributed by atoms with Crippen LogP contribution in [0.1, 0.15) is 110 Å². The van der Waals surface area contributed by atoms with Gasteiger partial charge in [0.05, 0.1) is 38.1 Å². The summed E-state index contributed by atoms with van der Waals surface area (Å²) in [5, 5.41) is 46.7. The van der Waals surface area contributed by atoms with Crippen LogP contribution < -0.4 is 4.74 Å². The number of Topliss-reactive ketones (excluding diaryl/α,β-unsaturated/α-hetero) is 1. The first kappa shape index (κ1) is 46.8. The molecule has 2 aliphatic heterocycles. The lowest BCUT2D eigenvalue weighted by Crippen LogP contribution is -2.64. The van der Waals surface area contributed by atoms with Crippen LogP contribution in [0.4, 0.5) is 0 Å². The van der Waals surface area contributed by atoms with E-state index in [1.165, 1.54) is 39.0 Å². The van der Waals surface area contributed by atoms with E-state index in [4.69, 9.17) is 37.9 Å². The van der Waals surface area contributed by atoms with Crippen LogP contribution in [-0.4, -0.2) is 133 Å². The van der Waals surface area contributed by atoms with Gasteiger partial charge in [-0.3, -0.25) is 9.59 Å². The number of hydrogen-bond acceptors (Lipinski definition) is 15. The quantitative estimate of drug-likeness (QED) is 0.192. The molecule has 0 aromatic heterocycles. The highest BCUT2D eigenvalue weighted by Gasteiger charge is 2.79. The third-order valence-corrected chi connectivity index (χ3v) is 17.5. The van der Waals surface area contributed by atoms with Gasteiger partial charge in [-0.25, -0.2) is 4.79 Å². The first-order chi connectivity index (χ1) is 29.8. The lowest BCUT2D eigenvalue weighted by molar-refractivity contribution is -0.345. The molecule has 1 aromatic rings. The van der Waals surface area contributed by atoms with Crippen LogP contribution in [0, 0.1) is 51.8 Å². The zero-order valence-corrected chi connectivity index (χ0v) is 38.1. The summed E-state index contributed by atoms with van der Waals surface area (Å²) in [4.78, 5) is 40.4. The van der Waals surface area contributed by atoms with Crippen molar-refractivity contribution < 1.29 is 72.7 Å². The molecule has 63 heavy (non-hydrogen) atoms. The minimum absolute atomic E-state index is 0.0330. The van der Waals surface area contributed by atoms with Gasteiger partial charge >= 0.3 is 11.9 Å². The number of fused-ring (bicyclic) bond motifs is 4. The highest BCUT2D eigenvalue weighted by Crippen LogP contribution is 2.82. The molecule has 7 aliphatic rings. The summed E-state index contributed by atoms with van der Waals surface area (Å²) < 4.78 is 48.3. The highest BCUT2D eigenvalue weighted by molar-refractivity contribution is 5.89. The van der Waals surface area contributed by atoms with Gasteiger partial charge in [0.15, 0.2) is 24.8 Å². The van der Waals surface area contributed by atoms with Crippen molar-refractivity contribution in [1.82, 2.24) is 0 Å². The Hall–Kier alpha value is -2.73. The van der Waals surface area contributed by atoms with Crippen molar-refractivity contribution >= 4 is 17.7 Å². The van der Waals surface area contributed by atoms with Gasteiger partial charge in [0.2, 0.25) is 0 Å². The number of aliphatic hydroxyl groups is 4. The molecule has 0 bridgehead atoms. The van der Waals surface area contributed by atoms with Crippen molar-refractivity contribution in [2.45, 2.75) is 166 Å². The third kappa shape index (κ3) is 7.66. The molecule has 5 saturated carbocycles. The Bertz CT molecular complexity index is 1840. The van der Waals surface area contributed by atoms with Crippen molar-refractivity contribution in [3.63, 3.8) is 0 Å². The van der Waals surface area contributed by atoms with Gasteiger partial charge in [-0.05, 0) is 111 Å². The molecular formula is C48H70O15. The Balaban J connectivity index is 1.09. The smallest absolute Gasteiger partial charge is 0.338 e. The first-order valence-corrected chi connectivity index (χ1v) is 23.2. The van der Waals surface area contributed by atoms with Crippen LogP contribution in [0.2, 0.25) is 0 Å². The zero-order chi connectivity index (χ0) is 45.4. The molecule has 0 amide bonds. The summed E-state index contributed by atoms with van der Waals surface area (Å²) in [5.41, 5.74) is -1.97. The molecule has 1 spiro atoms. The molecule has 15 nitrogen and oxygen atoms in total. The molecule has 7 fully saturated rings. The minimum Gasteiger partial charge on any atom is -0.497 e. The van der Waals surface area contributed by atoms with Gasteiger partial charge in [0.25, 0.3) is 0 Å². The van der Waals surface area contributed by atoms with E-state index in [0.29, 0.717) is 43.3 Å². The van der Waals surface area contributed by atoms with Gasteiger partial charge < -0.3 is 58.3 Å². The van der Waals surface area contributed by atoms with Gasteiger partial charge in [0, 0.05) is 37.2 Å². The lowest BCUT2D eigenvalue weighted by Gasteiger charge is -2.61. The Morgan fingerprint density at radius 2 is 1.48 bits per heavy atom. The van der Waals surface area contributed by atoms with Gasteiger partial charge in [-0.2, -0.15) is 0 Å². The van der Waals surface area contributed by atoms with E-state index >= 15 is 0 Å². The standard InChI is InChI=1S/C48H70O15/c1-24(2)9-14-33(50)25(3)48(55)37(20-32-30-19-36(57-8)47-21-28(47)15-17-45(47,5)31(30)16-18-46(32,48)6)61-44-41(60-26(4)49)39(35(52)23-59-44)63-43-40(38(53)34(51)22-58-43)62-42(54)27-10-12-29(56-7)13-11-27/h10-13,24-25,28,30-32,34-41,43-44,51-53,55H,9,14-23H2,1-8H3/t25-,28-,30-,31+,32+,34-,35+,36-,37+,38+,39+,40-,41-,43+,44+,45-,46+,47+,48-/m1/s1. The molecule has 0 radical (unpaired) electrons. The van der Waals surface area contributed by atoms with Crippen LogP contribution in [0.15, 0.2) is 24.3 Å². The number of ether oxygens (including phenoxy) is 8. The number of benzene rings is 1. The van der Waals surface area contributed by atoms with E-state index in [9.17, 15) is 34.8 Å². The van der Waals surface area contributed by atoms with Gasteiger partial charge in [-0.15, -0.1) is 0 Å². The van der Waals surface area contributed by atoms with Crippen LogP contribution in [0.25, 0.3) is 0 Å². The van der Waals surface area contributed by atoms with E-state index in [1.54, 1.807) is 12.1 Å². The number of carbonyl (C=O) groups excluding carboxylic acids is 3. The predicted octanol–water partition coefficient (Wildman–Crippen LogP) is 4.37. The number of carbonyl (C=O) groups is 3. The van der Waals surface area contributed by atoms with E-state index in [1.807, 2.05) is 14.0 Å². The van der Waals surface area contributed by atoms with Crippen molar-refractivity contribution in [3.8, 4) is 5.75 Å². The Labute approximate surface area is 370 Å². The molecule has 1 aromatic carbocycles. The molecule has 19 atom stereocenters. The summed E-state index contributed by atoms with van der Waals surface area (Å²) in [6.07, 6.45) is -5.30. The maximum atomic E-state index is 14.2. The number of methoxy groups -OCH3 is 2. The average molecular weight is 887 g/mol. The molecule has 15 heteroatoms. The molecular weight excluding hydrogens is 817 g/mol. The van der Waals surface area contributed by atoms with E-state index in [-0.39, 0.29) is 52.6 Å². The van der Waals surface area contributed by atoms with Gasteiger partial charge in [0.1, 0.15) is 41.5 Å². The van der Waals surface area contributed by atoms with Crippen LogP contribution in [0.3, 0.4) is 0 Å². The number of aliphatic hydroxyl groups excluding tert-OH is 3. The highest BCUT2D eigenvalue weighted by atomic mass is 16.8. The molecule has 2 saturated heterocycles. The summed E-state index contributed by atoms with van der Waals surface area (Å²) in [6.45, 7) is 11.0. The van der Waals surface area contributed by atoms with E-state index in [0.717, 1.165) is 19.3 Å². The second-order valence-electron chi connectivity index (χ2n) is 20.8. The molecule has 4 N–H and O–H groups in total. The van der Waals surface area contributed by atoms with Crippen LogP contribution in [0.5, 0.6) is 5.75 Å². The van der Waals surface area contributed by atoms with Crippen molar-refractivity contribution in [3.05, 3.63) is 29.8 Å². The summed E-state index contributed by atoms with van der Waals surface area (Å²) >= 11 is 0. The molecule has 352 valence electrons. The van der Waals surface area contributed by atoms with Crippen LogP contribution in [-0.2, 0) is 42.7 Å². The molecule has 2 heterocycles. The minimum atomic E-state index is -1.66. The fourth-order valence-corrected chi connectivity index (χ4v) is 14.0. The maximum absolute atomic E-state index is 14.2. The van der Waals surface area contributed by atoms with Crippen molar-refractivity contribution in [2.75, 3.05) is 27.4 Å². The fourth-order valence-electron chi connectivity index (χ4n) is 14.0. The van der Waals surface area contributed by atoms with E-state index < -0.39 is 90.8 Å². The van der Waals surface area contributed by atoms with Crippen LogP contribution >= 0.6 is 0 Å². The monoisotopic (exact) mass is 886 g/mol. The molecule has 5 aliphatic carbocycles. The summed E-state index contributed by atoms with van der Waals surface area (Å²) in [7, 11) is 3.32. The van der Waals surface area contributed by atoms with Gasteiger partial charge in [-0.1, -0.05) is 34.6 Å². The Morgan fingerprint density at radius 1 is 0.810 bits per heavy atom. The second-order valence-corrected chi connectivity index (χ2v) is 20.8. The largest absolute Gasteiger partial charge is 0.497 e.